The molecule has 1 heterocycles. The molecule has 2 aromatic rings. The third-order valence-electron chi connectivity index (χ3n) is 4.14. The second-order valence-corrected chi connectivity index (χ2v) is 7.04. The van der Waals surface area contributed by atoms with E-state index in [1.807, 2.05) is 47.7 Å². The standard InChI is InChI=1S/C20H28N4O3S/c1-21-20(23-11-6-10-22-19(25)18-7-5-12-28-18)24(2)14-15-8-9-16(26-3)13-17(15)27-4/h5,7-9,12-13H,6,10-11,14H2,1-4H3,(H,21,23)(H,22,25). The smallest absolute Gasteiger partial charge is 0.261 e. The molecule has 1 amide bonds. The molecule has 0 bridgehead atoms. The second kappa shape index (κ2) is 11.2. The molecule has 2 rings (SSSR count). The number of nitrogens with one attached hydrogen (secondary N) is 2. The van der Waals surface area contributed by atoms with Crippen LogP contribution in [0.3, 0.4) is 0 Å². The summed E-state index contributed by atoms with van der Waals surface area (Å²) in [5.41, 5.74) is 1.04. The van der Waals surface area contributed by atoms with Crippen LogP contribution in [0.15, 0.2) is 40.7 Å². The number of benzene rings is 1. The van der Waals surface area contributed by atoms with E-state index in [0.717, 1.165) is 34.3 Å². The van der Waals surface area contributed by atoms with Gasteiger partial charge in [-0.15, -0.1) is 11.3 Å². The predicted octanol–water partition coefficient (Wildman–Crippen LogP) is 2.59. The highest BCUT2D eigenvalue weighted by atomic mass is 32.1. The maximum absolute atomic E-state index is 11.9. The Kier molecular flexibility index (Phi) is 8.61. The number of carbonyl (C=O) groups is 1. The van der Waals surface area contributed by atoms with Crippen LogP contribution in [-0.2, 0) is 6.54 Å². The predicted molar refractivity (Wildman–Crippen MR) is 114 cm³/mol. The quantitative estimate of drug-likeness (QED) is 0.382. The molecule has 28 heavy (non-hydrogen) atoms. The van der Waals surface area contributed by atoms with Crippen molar-refractivity contribution in [3.8, 4) is 11.5 Å². The number of aliphatic imine (C=N–C) groups is 1. The highest BCUT2D eigenvalue weighted by molar-refractivity contribution is 7.12. The van der Waals surface area contributed by atoms with Crippen LogP contribution in [0.2, 0.25) is 0 Å². The molecule has 1 aromatic carbocycles. The van der Waals surface area contributed by atoms with Gasteiger partial charge in [-0.1, -0.05) is 6.07 Å². The number of nitrogens with zero attached hydrogens (tertiary/aromatic N) is 2. The molecule has 7 nitrogen and oxygen atoms in total. The monoisotopic (exact) mass is 404 g/mol. The number of amides is 1. The Labute approximate surface area is 170 Å². The fraction of sp³-hybridized carbons (Fsp3) is 0.400. The van der Waals surface area contributed by atoms with Crippen molar-refractivity contribution in [2.75, 3.05) is 41.4 Å². The molecule has 0 fully saturated rings. The topological polar surface area (TPSA) is 75.2 Å². The Bertz CT molecular complexity index is 778. The van der Waals surface area contributed by atoms with Crippen molar-refractivity contribution in [2.45, 2.75) is 13.0 Å². The van der Waals surface area contributed by atoms with Gasteiger partial charge >= 0.3 is 0 Å². The lowest BCUT2D eigenvalue weighted by Crippen LogP contribution is -2.39. The minimum Gasteiger partial charge on any atom is -0.497 e. The second-order valence-electron chi connectivity index (χ2n) is 6.09. The number of methoxy groups -OCH3 is 2. The van der Waals surface area contributed by atoms with Crippen molar-refractivity contribution in [3.05, 3.63) is 46.2 Å². The average Bonchev–Trinajstić information content (AvgIpc) is 3.25. The van der Waals surface area contributed by atoms with Crippen LogP contribution in [0, 0.1) is 0 Å². The molecule has 0 saturated carbocycles. The zero-order valence-corrected chi connectivity index (χ0v) is 17.6. The van der Waals surface area contributed by atoms with E-state index < -0.39 is 0 Å². The third-order valence-corrected chi connectivity index (χ3v) is 5.01. The number of thiophene rings is 1. The van der Waals surface area contributed by atoms with Gasteiger partial charge in [-0.25, -0.2) is 0 Å². The van der Waals surface area contributed by atoms with Crippen LogP contribution in [-0.4, -0.2) is 58.2 Å². The molecule has 0 radical (unpaired) electrons. The first-order chi connectivity index (χ1) is 13.6. The van der Waals surface area contributed by atoms with E-state index in [-0.39, 0.29) is 5.91 Å². The van der Waals surface area contributed by atoms with Crippen LogP contribution < -0.4 is 20.1 Å². The first-order valence-electron chi connectivity index (χ1n) is 9.03. The molecule has 0 unspecified atom stereocenters. The van der Waals surface area contributed by atoms with Crippen molar-refractivity contribution in [2.24, 2.45) is 4.99 Å². The summed E-state index contributed by atoms with van der Waals surface area (Å²) in [6.45, 7) is 1.96. The molecule has 8 heteroatoms. The van der Waals surface area contributed by atoms with E-state index in [1.54, 1.807) is 21.3 Å². The fourth-order valence-electron chi connectivity index (χ4n) is 2.68. The van der Waals surface area contributed by atoms with Crippen LogP contribution in [0.1, 0.15) is 21.7 Å². The van der Waals surface area contributed by atoms with Gasteiger partial charge in [0.05, 0.1) is 19.1 Å². The maximum atomic E-state index is 11.9. The minimum absolute atomic E-state index is 0.0249. The van der Waals surface area contributed by atoms with Gasteiger partial charge in [0.25, 0.3) is 5.91 Å². The minimum atomic E-state index is -0.0249. The summed E-state index contributed by atoms with van der Waals surface area (Å²) in [6.07, 6.45) is 0.801. The van der Waals surface area contributed by atoms with E-state index in [9.17, 15) is 4.79 Å². The van der Waals surface area contributed by atoms with Gasteiger partial charge in [0, 0.05) is 45.4 Å². The Hall–Kier alpha value is -2.74. The summed E-state index contributed by atoms with van der Waals surface area (Å²) < 4.78 is 10.7. The van der Waals surface area contributed by atoms with Gasteiger partial charge in [-0.05, 0) is 30.0 Å². The molecule has 0 saturated heterocycles. The summed E-state index contributed by atoms with van der Waals surface area (Å²) in [6, 6.07) is 9.47. The van der Waals surface area contributed by atoms with Gasteiger partial charge in [-0.3, -0.25) is 9.79 Å². The highest BCUT2D eigenvalue weighted by Crippen LogP contribution is 2.25. The summed E-state index contributed by atoms with van der Waals surface area (Å²) in [5, 5.41) is 8.14. The summed E-state index contributed by atoms with van der Waals surface area (Å²) in [7, 11) is 7.01. The van der Waals surface area contributed by atoms with Gasteiger partial charge in [-0.2, -0.15) is 0 Å². The van der Waals surface area contributed by atoms with Crippen molar-refractivity contribution in [3.63, 3.8) is 0 Å². The van der Waals surface area contributed by atoms with E-state index in [4.69, 9.17) is 9.47 Å². The highest BCUT2D eigenvalue weighted by Gasteiger charge is 2.11. The van der Waals surface area contributed by atoms with Crippen molar-refractivity contribution in [1.82, 2.24) is 15.5 Å². The first-order valence-corrected chi connectivity index (χ1v) is 9.91. The molecule has 0 aliphatic heterocycles. The number of guanidine groups is 1. The number of hydrogen-bond acceptors (Lipinski definition) is 5. The molecule has 2 N–H and O–H groups in total. The molecular formula is C20H28N4O3S. The van der Waals surface area contributed by atoms with Crippen LogP contribution in [0.25, 0.3) is 0 Å². The Morgan fingerprint density at radius 2 is 1.96 bits per heavy atom. The zero-order chi connectivity index (χ0) is 20.4. The number of ether oxygens (including phenoxy) is 2. The van der Waals surface area contributed by atoms with Gasteiger partial charge in [0.2, 0.25) is 0 Å². The summed E-state index contributed by atoms with van der Waals surface area (Å²) in [4.78, 5) is 19.0. The van der Waals surface area contributed by atoms with Crippen LogP contribution >= 0.6 is 11.3 Å². The molecule has 152 valence electrons. The molecule has 0 aliphatic rings. The fourth-order valence-corrected chi connectivity index (χ4v) is 3.32. The van der Waals surface area contributed by atoms with Gasteiger partial charge in [0.15, 0.2) is 5.96 Å². The molecular weight excluding hydrogens is 376 g/mol. The first kappa shape index (κ1) is 21.6. The lowest BCUT2D eigenvalue weighted by Gasteiger charge is -2.23. The number of carbonyl (C=O) groups excluding carboxylic acids is 1. The zero-order valence-electron chi connectivity index (χ0n) is 16.8. The molecule has 1 aromatic heterocycles. The lowest BCUT2D eigenvalue weighted by molar-refractivity contribution is 0.0957. The van der Waals surface area contributed by atoms with Crippen LogP contribution in [0.5, 0.6) is 11.5 Å². The third kappa shape index (κ3) is 6.16. The van der Waals surface area contributed by atoms with Crippen molar-refractivity contribution >= 4 is 23.2 Å². The Morgan fingerprint density at radius 1 is 1.18 bits per heavy atom. The number of hydrogen-bond donors (Lipinski definition) is 2. The maximum Gasteiger partial charge on any atom is 0.261 e. The lowest BCUT2D eigenvalue weighted by atomic mass is 10.2. The SMILES string of the molecule is CN=C(NCCCNC(=O)c1cccs1)N(C)Cc1ccc(OC)cc1OC. The summed E-state index contributed by atoms with van der Waals surface area (Å²) >= 11 is 1.44. The molecule has 0 atom stereocenters. The van der Waals surface area contributed by atoms with E-state index in [1.165, 1.54) is 11.3 Å². The summed E-state index contributed by atoms with van der Waals surface area (Å²) in [5.74, 6) is 2.29. The number of rotatable bonds is 9. The van der Waals surface area contributed by atoms with Gasteiger partial charge < -0.3 is 25.0 Å². The molecule has 0 aliphatic carbocycles. The van der Waals surface area contributed by atoms with E-state index in [2.05, 4.69) is 15.6 Å². The normalized spacial score (nSPS) is 11.1. The van der Waals surface area contributed by atoms with Crippen molar-refractivity contribution in [1.29, 1.82) is 0 Å². The average molecular weight is 405 g/mol. The largest absolute Gasteiger partial charge is 0.497 e. The Balaban J connectivity index is 1.79. The molecule has 0 spiro atoms. The van der Waals surface area contributed by atoms with Gasteiger partial charge in [0.1, 0.15) is 11.5 Å². The van der Waals surface area contributed by atoms with Crippen LogP contribution in [0.4, 0.5) is 0 Å². The van der Waals surface area contributed by atoms with E-state index >= 15 is 0 Å². The van der Waals surface area contributed by atoms with Crippen molar-refractivity contribution < 1.29 is 14.3 Å². The van der Waals surface area contributed by atoms with E-state index in [0.29, 0.717) is 19.6 Å². The Morgan fingerprint density at radius 3 is 2.61 bits per heavy atom.